The van der Waals surface area contributed by atoms with Gasteiger partial charge in [-0.25, -0.2) is 0 Å². The Labute approximate surface area is 116 Å². The first-order valence-electron chi connectivity index (χ1n) is 7.89. The molecule has 2 atom stereocenters. The molecule has 0 saturated heterocycles. The van der Waals surface area contributed by atoms with Crippen LogP contribution in [0.15, 0.2) is 0 Å². The van der Waals surface area contributed by atoms with Crippen molar-refractivity contribution in [3.63, 3.8) is 0 Å². The Hall–Kier alpha value is -0.860. The number of Topliss-reactive ketones (excluding diaryl/α,β-unsaturated/α-hetero) is 1. The first-order valence-corrected chi connectivity index (χ1v) is 7.89. The van der Waals surface area contributed by atoms with Crippen molar-refractivity contribution >= 4 is 11.8 Å². The number of carboxylic acids is 1. The first-order chi connectivity index (χ1) is 9.15. The van der Waals surface area contributed by atoms with Gasteiger partial charge in [-0.15, -0.1) is 0 Å². The molecule has 1 saturated carbocycles. The van der Waals surface area contributed by atoms with Crippen LogP contribution in [0.2, 0.25) is 0 Å². The van der Waals surface area contributed by atoms with Gasteiger partial charge in [0.05, 0.1) is 0 Å². The highest BCUT2D eigenvalue weighted by Gasteiger charge is 2.33. The van der Waals surface area contributed by atoms with Crippen LogP contribution in [-0.4, -0.2) is 16.9 Å². The van der Waals surface area contributed by atoms with Crippen molar-refractivity contribution in [2.24, 2.45) is 11.8 Å². The standard InChI is InChI=1S/C16H28O3/c1-2-3-5-9-14-13(11-12-15(14)17)8-6-4-7-10-16(18)19/h13-14H,2-12H2,1H3,(H,18,19). The van der Waals surface area contributed by atoms with E-state index in [1.807, 2.05) is 0 Å². The molecule has 3 heteroatoms. The third kappa shape index (κ3) is 6.22. The van der Waals surface area contributed by atoms with Crippen molar-refractivity contribution < 1.29 is 14.7 Å². The zero-order valence-electron chi connectivity index (χ0n) is 12.2. The van der Waals surface area contributed by atoms with Gasteiger partial charge in [0.25, 0.3) is 0 Å². The molecule has 2 unspecified atom stereocenters. The quantitative estimate of drug-likeness (QED) is 0.604. The average molecular weight is 268 g/mol. The molecule has 110 valence electrons. The Balaban J connectivity index is 2.19. The molecule has 0 aromatic carbocycles. The van der Waals surface area contributed by atoms with Crippen LogP contribution in [0.3, 0.4) is 0 Å². The van der Waals surface area contributed by atoms with Crippen LogP contribution in [0.1, 0.15) is 77.6 Å². The lowest BCUT2D eigenvalue weighted by Gasteiger charge is -2.18. The lowest BCUT2D eigenvalue weighted by atomic mass is 9.86. The highest BCUT2D eigenvalue weighted by molar-refractivity contribution is 5.83. The molecule has 1 rings (SSSR count). The van der Waals surface area contributed by atoms with E-state index in [0.29, 0.717) is 17.6 Å². The lowest BCUT2D eigenvalue weighted by Crippen LogP contribution is -2.14. The van der Waals surface area contributed by atoms with E-state index in [2.05, 4.69) is 6.92 Å². The van der Waals surface area contributed by atoms with Crippen molar-refractivity contribution in [2.75, 3.05) is 0 Å². The summed E-state index contributed by atoms with van der Waals surface area (Å²) in [5.41, 5.74) is 0. The van der Waals surface area contributed by atoms with Crippen LogP contribution in [-0.2, 0) is 9.59 Å². The molecule has 0 radical (unpaired) electrons. The third-order valence-corrected chi connectivity index (χ3v) is 4.33. The normalized spacial score (nSPS) is 22.9. The van der Waals surface area contributed by atoms with Crippen molar-refractivity contribution in [3.8, 4) is 0 Å². The number of unbranched alkanes of at least 4 members (excludes halogenated alkanes) is 4. The molecule has 1 fully saturated rings. The molecule has 0 bridgehead atoms. The van der Waals surface area contributed by atoms with Gasteiger partial charge in [-0.05, 0) is 31.6 Å². The molecule has 0 spiro atoms. The summed E-state index contributed by atoms with van der Waals surface area (Å²) < 4.78 is 0. The van der Waals surface area contributed by atoms with E-state index in [-0.39, 0.29) is 6.42 Å². The zero-order chi connectivity index (χ0) is 14.1. The summed E-state index contributed by atoms with van der Waals surface area (Å²) in [7, 11) is 0. The molecule has 0 aliphatic heterocycles. The van der Waals surface area contributed by atoms with Crippen LogP contribution in [0, 0.1) is 11.8 Å². The number of carboxylic acid groups (broad SMARTS) is 1. The minimum Gasteiger partial charge on any atom is -0.481 e. The Morgan fingerprint density at radius 2 is 1.89 bits per heavy atom. The van der Waals surface area contributed by atoms with Gasteiger partial charge in [0.2, 0.25) is 0 Å². The molecule has 0 aromatic heterocycles. The van der Waals surface area contributed by atoms with E-state index in [4.69, 9.17) is 5.11 Å². The van der Waals surface area contributed by atoms with Gasteiger partial charge < -0.3 is 5.11 Å². The topological polar surface area (TPSA) is 54.4 Å². The van der Waals surface area contributed by atoms with Crippen LogP contribution >= 0.6 is 0 Å². The zero-order valence-corrected chi connectivity index (χ0v) is 12.2. The summed E-state index contributed by atoms with van der Waals surface area (Å²) in [5.74, 6) is 0.667. The smallest absolute Gasteiger partial charge is 0.303 e. The van der Waals surface area contributed by atoms with Crippen LogP contribution in [0.25, 0.3) is 0 Å². The van der Waals surface area contributed by atoms with Gasteiger partial charge in [0, 0.05) is 18.8 Å². The molecule has 1 aliphatic carbocycles. The Bertz CT molecular complexity index is 286. The van der Waals surface area contributed by atoms with Crippen LogP contribution in [0.5, 0.6) is 0 Å². The summed E-state index contributed by atoms with van der Waals surface area (Å²) in [6, 6.07) is 0. The molecule has 3 nitrogen and oxygen atoms in total. The largest absolute Gasteiger partial charge is 0.481 e. The molecular formula is C16H28O3. The second kappa shape index (κ2) is 9.11. The van der Waals surface area contributed by atoms with E-state index in [9.17, 15) is 9.59 Å². The minimum atomic E-state index is -0.700. The van der Waals surface area contributed by atoms with Crippen molar-refractivity contribution in [1.82, 2.24) is 0 Å². The maximum atomic E-state index is 11.9. The van der Waals surface area contributed by atoms with Crippen molar-refractivity contribution in [3.05, 3.63) is 0 Å². The summed E-state index contributed by atoms with van der Waals surface area (Å²) in [4.78, 5) is 22.3. The Kier molecular flexibility index (Phi) is 7.76. The predicted octanol–water partition coefficient (Wildman–Crippen LogP) is 4.20. The predicted molar refractivity (Wildman–Crippen MR) is 76.1 cm³/mol. The van der Waals surface area contributed by atoms with Crippen LogP contribution in [0.4, 0.5) is 0 Å². The molecule has 19 heavy (non-hydrogen) atoms. The summed E-state index contributed by atoms with van der Waals surface area (Å²) in [5, 5.41) is 8.58. The monoisotopic (exact) mass is 268 g/mol. The Morgan fingerprint density at radius 3 is 2.58 bits per heavy atom. The SMILES string of the molecule is CCCCCC1C(=O)CCC1CCCCCC(=O)O. The number of hydrogen-bond acceptors (Lipinski definition) is 2. The van der Waals surface area contributed by atoms with Gasteiger partial charge in [-0.1, -0.05) is 39.0 Å². The van der Waals surface area contributed by atoms with Crippen molar-refractivity contribution in [1.29, 1.82) is 0 Å². The van der Waals surface area contributed by atoms with E-state index in [0.717, 1.165) is 44.9 Å². The highest BCUT2D eigenvalue weighted by atomic mass is 16.4. The van der Waals surface area contributed by atoms with Crippen molar-refractivity contribution in [2.45, 2.75) is 77.6 Å². The van der Waals surface area contributed by atoms with Gasteiger partial charge in [-0.3, -0.25) is 9.59 Å². The number of ketones is 1. The maximum Gasteiger partial charge on any atom is 0.303 e. The fourth-order valence-corrected chi connectivity index (χ4v) is 3.19. The number of carbonyl (C=O) groups excluding carboxylic acids is 1. The molecule has 0 amide bonds. The third-order valence-electron chi connectivity index (χ3n) is 4.33. The molecule has 0 aromatic rings. The summed E-state index contributed by atoms with van der Waals surface area (Å²) in [6.45, 7) is 2.19. The van der Waals surface area contributed by atoms with Gasteiger partial charge in [-0.2, -0.15) is 0 Å². The summed E-state index contributed by atoms with van der Waals surface area (Å²) >= 11 is 0. The number of rotatable bonds is 10. The van der Waals surface area contributed by atoms with Gasteiger partial charge in [0.1, 0.15) is 5.78 Å². The fraction of sp³-hybridized carbons (Fsp3) is 0.875. The first kappa shape index (κ1) is 16.2. The Morgan fingerprint density at radius 1 is 1.16 bits per heavy atom. The molecule has 0 heterocycles. The highest BCUT2D eigenvalue weighted by Crippen LogP contribution is 2.36. The molecular weight excluding hydrogens is 240 g/mol. The maximum absolute atomic E-state index is 11.9. The number of hydrogen-bond donors (Lipinski definition) is 1. The number of aliphatic carboxylic acids is 1. The second-order valence-electron chi connectivity index (χ2n) is 5.86. The summed E-state index contributed by atoms with van der Waals surface area (Å²) in [6.07, 6.45) is 10.8. The van der Waals surface area contributed by atoms with E-state index >= 15 is 0 Å². The van der Waals surface area contributed by atoms with Crippen LogP contribution < -0.4 is 0 Å². The van der Waals surface area contributed by atoms with Gasteiger partial charge in [0.15, 0.2) is 0 Å². The van der Waals surface area contributed by atoms with Gasteiger partial charge >= 0.3 is 5.97 Å². The fourth-order valence-electron chi connectivity index (χ4n) is 3.19. The van der Waals surface area contributed by atoms with E-state index < -0.39 is 5.97 Å². The minimum absolute atomic E-state index is 0.281. The molecule has 1 N–H and O–H groups in total. The second-order valence-corrected chi connectivity index (χ2v) is 5.86. The van der Waals surface area contributed by atoms with E-state index in [1.165, 1.54) is 19.3 Å². The molecule has 1 aliphatic rings. The lowest BCUT2D eigenvalue weighted by molar-refractivity contribution is -0.137. The van der Waals surface area contributed by atoms with E-state index in [1.54, 1.807) is 0 Å². The number of carbonyl (C=O) groups is 2. The average Bonchev–Trinajstić information content (AvgIpc) is 2.71.